The second kappa shape index (κ2) is 6.85. The first kappa shape index (κ1) is 15.7. The highest BCUT2D eigenvalue weighted by molar-refractivity contribution is 5.92. The van der Waals surface area contributed by atoms with Crippen molar-refractivity contribution in [3.63, 3.8) is 0 Å². The van der Waals surface area contributed by atoms with Crippen molar-refractivity contribution in [2.75, 3.05) is 24.8 Å². The number of nitrogen functional groups attached to an aromatic ring is 1. The Morgan fingerprint density at radius 1 is 1.14 bits per heavy atom. The van der Waals surface area contributed by atoms with Crippen molar-refractivity contribution < 1.29 is 14.3 Å². The van der Waals surface area contributed by atoms with Gasteiger partial charge in [-0.3, -0.25) is 4.79 Å². The number of benzene rings is 2. The summed E-state index contributed by atoms with van der Waals surface area (Å²) in [4.78, 5) is 11.9. The van der Waals surface area contributed by atoms with Crippen molar-refractivity contribution >= 4 is 17.3 Å². The van der Waals surface area contributed by atoms with Crippen LogP contribution in [0.5, 0.6) is 11.5 Å². The molecule has 0 saturated carbocycles. The molecule has 0 saturated heterocycles. The molecule has 0 aromatic heterocycles. The number of nitrogens with two attached hydrogens (primary N) is 1. The molecule has 0 bridgehead atoms. The van der Waals surface area contributed by atoms with Crippen LogP contribution in [0, 0.1) is 13.8 Å². The molecule has 2 aromatic carbocycles. The molecule has 5 heteroatoms. The van der Waals surface area contributed by atoms with E-state index in [0.29, 0.717) is 22.9 Å². The topological polar surface area (TPSA) is 73.6 Å². The highest BCUT2D eigenvalue weighted by Crippen LogP contribution is 2.24. The monoisotopic (exact) mass is 300 g/mol. The first-order valence-corrected chi connectivity index (χ1v) is 6.93. The zero-order valence-electron chi connectivity index (χ0n) is 13.0. The van der Waals surface area contributed by atoms with Gasteiger partial charge in [-0.05, 0) is 43.7 Å². The Balaban J connectivity index is 1.94. The van der Waals surface area contributed by atoms with Crippen LogP contribution in [0.15, 0.2) is 36.4 Å². The van der Waals surface area contributed by atoms with Crippen LogP contribution in [0.4, 0.5) is 11.4 Å². The van der Waals surface area contributed by atoms with Crippen molar-refractivity contribution in [2.24, 2.45) is 0 Å². The molecule has 0 spiro atoms. The van der Waals surface area contributed by atoms with Crippen LogP contribution >= 0.6 is 0 Å². The minimum atomic E-state index is -0.246. The zero-order chi connectivity index (χ0) is 16.1. The van der Waals surface area contributed by atoms with E-state index < -0.39 is 0 Å². The standard InChI is InChI=1S/C17H20N2O3/c1-11-4-6-15(12(2)8-11)22-10-17(20)19-13-5-7-16(21-3)14(18)9-13/h4-9H,10,18H2,1-3H3,(H,19,20). The summed E-state index contributed by atoms with van der Waals surface area (Å²) in [6.45, 7) is 3.90. The van der Waals surface area contributed by atoms with E-state index in [9.17, 15) is 4.79 Å². The summed E-state index contributed by atoms with van der Waals surface area (Å²) >= 11 is 0. The van der Waals surface area contributed by atoms with Gasteiger partial charge in [0.1, 0.15) is 11.5 Å². The van der Waals surface area contributed by atoms with Crippen molar-refractivity contribution in [2.45, 2.75) is 13.8 Å². The maximum Gasteiger partial charge on any atom is 0.262 e. The predicted octanol–water partition coefficient (Wildman–Crippen LogP) is 2.91. The minimum Gasteiger partial charge on any atom is -0.495 e. The third kappa shape index (κ3) is 3.91. The van der Waals surface area contributed by atoms with Gasteiger partial charge in [-0.1, -0.05) is 17.7 Å². The number of anilines is 2. The molecule has 0 radical (unpaired) electrons. The Hall–Kier alpha value is -2.69. The largest absolute Gasteiger partial charge is 0.495 e. The Morgan fingerprint density at radius 2 is 1.86 bits per heavy atom. The van der Waals surface area contributed by atoms with Gasteiger partial charge in [0.25, 0.3) is 5.91 Å². The first-order chi connectivity index (χ1) is 10.5. The molecule has 0 aliphatic heterocycles. The Kier molecular flexibility index (Phi) is 4.88. The molecule has 0 fully saturated rings. The van der Waals surface area contributed by atoms with Crippen molar-refractivity contribution in [3.05, 3.63) is 47.5 Å². The maximum absolute atomic E-state index is 11.9. The van der Waals surface area contributed by atoms with Gasteiger partial charge in [0.2, 0.25) is 0 Å². The normalized spacial score (nSPS) is 10.1. The maximum atomic E-state index is 11.9. The average molecular weight is 300 g/mol. The number of rotatable bonds is 5. The molecule has 116 valence electrons. The molecular weight excluding hydrogens is 280 g/mol. The van der Waals surface area contributed by atoms with E-state index in [0.717, 1.165) is 11.1 Å². The molecule has 0 unspecified atom stereocenters. The number of aryl methyl sites for hydroxylation is 2. The van der Waals surface area contributed by atoms with Gasteiger partial charge < -0.3 is 20.5 Å². The Bertz CT molecular complexity index is 684. The molecule has 0 atom stereocenters. The van der Waals surface area contributed by atoms with E-state index in [1.54, 1.807) is 25.3 Å². The summed E-state index contributed by atoms with van der Waals surface area (Å²) in [5.74, 6) is 1.03. The van der Waals surface area contributed by atoms with Gasteiger partial charge in [-0.25, -0.2) is 0 Å². The molecule has 0 heterocycles. The summed E-state index contributed by atoms with van der Waals surface area (Å²) in [7, 11) is 1.54. The molecule has 3 N–H and O–H groups in total. The third-order valence-electron chi connectivity index (χ3n) is 3.20. The number of hydrogen-bond acceptors (Lipinski definition) is 4. The van der Waals surface area contributed by atoms with Gasteiger partial charge in [-0.2, -0.15) is 0 Å². The van der Waals surface area contributed by atoms with Gasteiger partial charge in [0, 0.05) is 5.69 Å². The van der Waals surface area contributed by atoms with E-state index in [4.69, 9.17) is 15.2 Å². The molecule has 2 rings (SSSR count). The van der Waals surface area contributed by atoms with Crippen LogP contribution in [0.3, 0.4) is 0 Å². The number of nitrogens with one attached hydrogen (secondary N) is 1. The van der Waals surface area contributed by atoms with E-state index in [-0.39, 0.29) is 12.5 Å². The van der Waals surface area contributed by atoms with Gasteiger partial charge in [0.05, 0.1) is 12.8 Å². The van der Waals surface area contributed by atoms with Crippen molar-refractivity contribution in [1.29, 1.82) is 0 Å². The number of methoxy groups -OCH3 is 1. The van der Waals surface area contributed by atoms with Crippen molar-refractivity contribution in [1.82, 2.24) is 0 Å². The number of amides is 1. The minimum absolute atomic E-state index is 0.0597. The lowest BCUT2D eigenvalue weighted by atomic mass is 10.1. The lowest BCUT2D eigenvalue weighted by Crippen LogP contribution is -2.20. The molecule has 0 aliphatic rings. The summed E-state index contributed by atoms with van der Waals surface area (Å²) in [6.07, 6.45) is 0. The van der Waals surface area contributed by atoms with Crippen LogP contribution in [0.25, 0.3) is 0 Å². The average Bonchev–Trinajstić information content (AvgIpc) is 2.46. The Labute approximate surface area is 130 Å². The Morgan fingerprint density at radius 3 is 2.50 bits per heavy atom. The quantitative estimate of drug-likeness (QED) is 0.833. The summed E-state index contributed by atoms with van der Waals surface area (Å²) in [6, 6.07) is 10.9. The highest BCUT2D eigenvalue weighted by atomic mass is 16.5. The fourth-order valence-electron chi connectivity index (χ4n) is 2.11. The van der Waals surface area contributed by atoms with E-state index in [2.05, 4.69) is 5.32 Å². The molecule has 2 aromatic rings. The highest BCUT2D eigenvalue weighted by Gasteiger charge is 2.07. The SMILES string of the molecule is COc1ccc(NC(=O)COc2ccc(C)cc2C)cc1N. The van der Waals surface area contributed by atoms with E-state index in [1.807, 2.05) is 32.0 Å². The fourth-order valence-corrected chi connectivity index (χ4v) is 2.11. The zero-order valence-corrected chi connectivity index (χ0v) is 13.0. The van der Waals surface area contributed by atoms with Gasteiger partial charge in [0.15, 0.2) is 6.61 Å². The van der Waals surface area contributed by atoms with Crippen LogP contribution in [0.2, 0.25) is 0 Å². The summed E-state index contributed by atoms with van der Waals surface area (Å²) < 4.78 is 10.6. The second-order valence-electron chi connectivity index (χ2n) is 5.06. The molecular formula is C17H20N2O3. The number of carbonyl (C=O) groups excluding carboxylic acids is 1. The molecule has 5 nitrogen and oxygen atoms in total. The third-order valence-corrected chi connectivity index (χ3v) is 3.20. The summed E-state index contributed by atoms with van der Waals surface area (Å²) in [5, 5.41) is 2.74. The molecule has 22 heavy (non-hydrogen) atoms. The lowest BCUT2D eigenvalue weighted by molar-refractivity contribution is -0.118. The first-order valence-electron chi connectivity index (χ1n) is 6.93. The van der Waals surface area contributed by atoms with Gasteiger partial charge >= 0.3 is 0 Å². The second-order valence-corrected chi connectivity index (χ2v) is 5.06. The van der Waals surface area contributed by atoms with E-state index >= 15 is 0 Å². The summed E-state index contributed by atoms with van der Waals surface area (Å²) in [5.41, 5.74) is 9.03. The smallest absolute Gasteiger partial charge is 0.262 e. The number of hydrogen-bond donors (Lipinski definition) is 2. The fraction of sp³-hybridized carbons (Fsp3) is 0.235. The van der Waals surface area contributed by atoms with Gasteiger partial charge in [-0.15, -0.1) is 0 Å². The number of carbonyl (C=O) groups is 1. The lowest BCUT2D eigenvalue weighted by Gasteiger charge is -2.11. The van der Waals surface area contributed by atoms with Crippen LogP contribution in [0.1, 0.15) is 11.1 Å². The predicted molar refractivity (Wildman–Crippen MR) is 87.4 cm³/mol. The molecule has 1 amide bonds. The van der Waals surface area contributed by atoms with Crippen LogP contribution in [-0.2, 0) is 4.79 Å². The van der Waals surface area contributed by atoms with Crippen molar-refractivity contribution in [3.8, 4) is 11.5 Å². The van der Waals surface area contributed by atoms with Crippen LogP contribution in [-0.4, -0.2) is 19.6 Å². The van der Waals surface area contributed by atoms with E-state index in [1.165, 1.54) is 0 Å². The van der Waals surface area contributed by atoms with Crippen LogP contribution < -0.4 is 20.5 Å². The molecule has 0 aliphatic carbocycles. The number of ether oxygens (including phenoxy) is 2.